The van der Waals surface area contributed by atoms with Gasteiger partial charge in [-0.05, 0) is 107 Å². The molecule has 0 aromatic heterocycles. The molecule has 0 aliphatic carbocycles. The zero-order chi connectivity index (χ0) is 24.0. The molecule has 0 spiro atoms. The van der Waals surface area contributed by atoms with Crippen molar-refractivity contribution in [1.82, 2.24) is 0 Å². The molecule has 168 valence electrons. The molecular formula is C27H27N3O3. The van der Waals surface area contributed by atoms with Crippen LogP contribution in [0.1, 0.15) is 16.7 Å². The fourth-order valence-electron chi connectivity index (χ4n) is 4.62. The number of benzene rings is 4. The molecule has 0 saturated heterocycles. The van der Waals surface area contributed by atoms with E-state index in [-0.39, 0.29) is 17.2 Å². The van der Waals surface area contributed by atoms with Gasteiger partial charge in [-0.3, -0.25) is 0 Å². The van der Waals surface area contributed by atoms with Crippen molar-refractivity contribution in [3.05, 3.63) is 71.3 Å². The Morgan fingerprint density at radius 1 is 0.455 bits per heavy atom. The first-order valence-corrected chi connectivity index (χ1v) is 10.5. The highest BCUT2D eigenvalue weighted by Crippen LogP contribution is 2.46. The Morgan fingerprint density at radius 2 is 0.697 bits per heavy atom. The van der Waals surface area contributed by atoms with Gasteiger partial charge in [0.2, 0.25) is 0 Å². The highest BCUT2D eigenvalue weighted by molar-refractivity contribution is 5.93. The molecule has 4 aromatic rings. The van der Waals surface area contributed by atoms with E-state index >= 15 is 0 Å². The second-order valence-corrected chi connectivity index (χ2v) is 8.32. The third-order valence-corrected chi connectivity index (χ3v) is 6.21. The van der Waals surface area contributed by atoms with Crippen LogP contribution in [0.25, 0.3) is 33.4 Å². The van der Waals surface area contributed by atoms with E-state index in [9.17, 15) is 15.3 Å². The van der Waals surface area contributed by atoms with E-state index in [4.69, 9.17) is 17.2 Å². The molecule has 0 aliphatic heterocycles. The first-order valence-electron chi connectivity index (χ1n) is 10.5. The van der Waals surface area contributed by atoms with Gasteiger partial charge in [-0.2, -0.15) is 0 Å². The molecule has 33 heavy (non-hydrogen) atoms. The van der Waals surface area contributed by atoms with Crippen LogP contribution in [0.2, 0.25) is 0 Å². The molecule has 0 amide bonds. The highest BCUT2D eigenvalue weighted by atomic mass is 16.3. The minimum atomic E-state index is 0.00485. The lowest BCUT2D eigenvalue weighted by Gasteiger charge is -2.24. The summed E-state index contributed by atoms with van der Waals surface area (Å²) in [6, 6.07) is 15.6. The fourth-order valence-corrected chi connectivity index (χ4v) is 4.62. The van der Waals surface area contributed by atoms with E-state index in [1.54, 1.807) is 36.4 Å². The first kappa shape index (κ1) is 21.9. The van der Waals surface area contributed by atoms with Crippen molar-refractivity contribution in [2.45, 2.75) is 20.8 Å². The van der Waals surface area contributed by atoms with Crippen molar-refractivity contribution in [3.63, 3.8) is 0 Å². The summed E-state index contributed by atoms with van der Waals surface area (Å²) in [4.78, 5) is 0. The maximum atomic E-state index is 10.3. The summed E-state index contributed by atoms with van der Waals surface area (Å²) in [6.45, 7) is 6.03. The van der Waals surface area contributed by atoms with Crippen LogP contribution in [-0.4, -0.2) is 15.3 Å². The van der Waals surface area contributed by atoms with Crippen LogP contribution in [0, 0.1) is 20.8 Å². The molecule has 0 atom stereocenters. The molecule has 0 heterocycles. The number of phenolic OH excluding ortho intramolecular Hbond substituents is 3. The summed E-state index contributed by atoms with van der Waals surface area (Å²) < 4.78 is 0. The number of hydrogen-bond acceptors (Lipinski definition) is 6. The summed E-state index contributed by atoms with van der Waals surface area (Å²) in [5.41, 5.74) is 26.5. The third-order valence-electron chi connectivity index (χ3n) is 6.21. The second-order valence-electron chi connectivity index (χ2n) is 8.32. The summed E-state index contributed by atoms with van der Waals surface area (Å²) in [5, 5.41) is 30.9. The van der Waals surface area contributed by atoms with Crippen molar-refractivity contribution < 1.29 is 15.3 Å². The van der Waals surface area contributed by atoms with Gasteiger partial charge in [-0.25, -0.2) is 0 Å². The molecule has 0 aliphatic rings. The van der Waals surface area contributed by atoms with E-state index in [0.717, 1.165) is 50.1 Å². The zero-order valence-corrected chi connectivity index (χ0v) is 18.8. The number of nitrogens with two attached hydrogens (primary N) is 3. The number of rotatable bonds is 3. The third kappa shape index (κ3) is 3.65. The van der Waals surface area contributed by atoms with Gasteiger partial charge in [-0.1, -0.05) is 18.2 Å². The predicted octanol–water partition coefficient (Wildman–Crippen LogP) is 5.48. The molecule has 4 aromatic carbocycles. The minimum Gasteiger partial charge on any atom is -0.506 e. The average molecular weight is 442 g/mol. The molecule has 6 nitrogen and oxygen atoms in total. The van der Waals surface area contributed by atoms with Crippen LogP contribution in [0.15, 0.2) is 54.6 Å². The highest BCUT2D eigenvalue weighted by Gasteiger charge is 2.22. The maximum absolute atomic E-state index is 10.3. The Labute approximate surface area is 192 Å². The van der Waals surface area contributed by atoms with E-state index < -0.39 is 0 Å². The number of hydrogen-bond donors (Lipinski definition) is 6. The molecule has 0 fully saturated rings. The Balaban J connectivity index is 2.13. The molecule has 0 radical (unpaired) electrons. The molecule has 0 unspecified atom stereocenters. The van der Waals surface area contributed by atoms with E-state index in [0.29, 0.717) is 17.1 Å². The summed E-state index contributed by atoms with van der Waals surface area (Å²) in [5.74, 6) is 0.0145. The molecule has 9 N–H and O–H groups in total. The normalized spacial score (nSPS) is 11.0. The summed E-state index contributed by atoms with van der Waals surface area (Å²) in [7, 11) is 0. The largest absolute Gasteiger partial charge is 0.506 e. The van der Waals surface area contributed by atoms with Crippen LogP contribution in [0.4, 0.5) is 17.1 Å². The van der Waals surface area contributed by atoms with Gasteiger partial charge in [0.15, 0.2) is 0 Å². The molecule has 0 saturated carbocycles. The van der Waals surface area contributed by atoms with Crippen LogP contribution in [-0.2, 0) is 0 Å². The maximum Gasteiger partial charge on any atom is 0.139 e. The molecular weight excluding hydrogens is 414 g/mol. The summed E-state index contributed by atoms with van der Waals surface area (Å²) in [6.07, 6.45) is 0. The Bertz CT molecular complexity index is 1220. The lowest BCUT2D eigenvalue weighted by Crippen LogP contribution is -2.01. The minimum absolute atomic E-state index is 0.00485. The van der Waals surface area contributed by atoms with E-state index in [2.05, 4.69) is 0 Å². The van der Waals surface area contributed by atoms with Gasteiger partial charge in [0, 0.05) is 0 Å². The van der Waals surface area contributed by atoms with Gasteiger partial charge in [0.25, 0.3) is 0 Å². The van der Waals surface area contributed by atoms with Crippen LogP contribution in [0.3, 0.4) is 0 Å². The van der Waals surface area contributed by atoms with Crippen molar-refractivity contribution in [2.24, 2.45) is 0 Å². The quantitative estimate of drug-likeness (QED) is 0.184. The van der Waals surface area contributed by atoms with E-state index in [1.807, 2.05) is 39.0 Å². The monoisotopic (exact) mass is 441 g/mol. The van der Waals surface area contributed by atoms with E-state index in [1.165, 1.54) is 0 Å². The zero-order valence-electron chi connectivity index (χ0n) is 18.8. The predicted molar refractivity (Wildman–Crippen MR) is 135 cm³/mol. The van der Waals surface area contributed by atoms with Crippen LogP contribution < -0.4 is 17.2 Å². The Morgan fingerprint density at radius 3 is 0.909 bits per heavy atom. The Kier molecular flexibility index (Phi) is 5.30. The van der Waals surface area contributed by atoms with Crippen molar-refractivity contribution >= 4 is 17.1 Å². The SMILES string of the molecule is Cc1c(-c2ccc(N)c(O)c2)c(C)c(-c2ccc(N)c(O)c2)c(C)c1-c1ccc(N)c(O)c1. The fraction of sp³-hybridized carbons (Fsp3) is 0.111. The molecule has 4 rings (SSSR count). The van der Waals surface area contributed by atoms with Crippen LogP contribution >= 0.6 is 0 Å². The lowest BCUT2D eigenvalue weighted by atomic mass is 9.80. The number of nitrogen functional groups attached to an aromatic ring is 3. The number of anilines is 3. The van der Waals surface area contributed by atoms with Gasteiger partial charge < -0.3 is 32.5 Å². The van der Waals surface area contributed by atoms with Crippen molar-refractivity contribution in [1.29, 1.82) is 0 Å². The standard InChI is InChI=1S/C27H27N3O3/c1-13-25(16-4-7-19(28)22(31)10-16)14(2)27(18-6-9-21(30)24(33)12-18)15(3)26(13)17-5-8-20(29)23(32)11-17/h4-12,31-33H,28-30H2,1-3H3. The van der Waals surface area contributed by atoms with Crippen molar-refractivity contribution in [2.75, 3.05) is 17.2 Å². The second kappa shape index (κ2) is 7.98. The topological polar surface area (TPSA) is 139 Å². The lowest BCUT2D eigenvalue weighted by molar-refractivity contribution is 0.478. The molecule has 6 heteroatoms. The first-order chi connectivity index (χ1) is 15.6. The van der Waals surface area contributed by atoms with Gasteiger partial charge >= 0.3 is 0 Å². The average Bonchev–Trinajstić information content (AvgIpc) is 2.75. The number of phenols is 3. The van der Waals surface area contributed by atoms with Gasteiger partial charge in [0.05, 0.1) is 17.1 Å². The smallest absolute Gasteiger partial charge is 0.139 e. The van der Waals surface area contributed by atoms with Crippen molar-refractivity contribution in [3.8, 4) is 50.6 Å². The van der Waals surface area contributed by atoms with Crippen LogP contribution in [0.5, 0.6) is 17.2 Å². The van der Waals surface area contributed by atoms with Gasteiger partial charge in [-0.15, -0.1) is 0 Å². The molecule has 0 bridgehead atoms. The summed E-state index contributed by atoms with van der Waals surface area (Å²) >= 11 is 0. The number of aromatic hydroxyl groups is 3. The van der Waals surface area contributed by atoms with Gasteiger partial charge in [0.1, 0.15) is 17.2 Å². The Hall–Kier alpha value is -4.32.